The number of nitrogens with zero attached hydrogens (tertiary/aromatic N) is 4. The van der Waals surface area contributed by atoms with Gasteiger partial charge in [-0.3, -0.25) is 47.2 Å². The van der Waals surface area contributed by atoms with E-state index in [0.29, 0.717) is 23.4 Å². The minimum atomic E-state index is -5.04. The highest BCUT2D eigenvalue weighted by atomic mass is 31.2. The molecule has 2 aromatic heterocycles. The molecule has 0 saturated carbocycles. The number of primary amides is 6. The molecule has 0 aliphatic carbocycles. The zero-order valence-electron chi connectivity index (χ0n) is 51.2. The van der Waals surface area contributed by atoms with Crippen molar-refractivity contribution in [2.45, 2.75) is 180 Å². The number of carbonyl (C=O) groups excluding carboxylic acids is 7. The van der Waals surface area contributed by atoms with Crippen LogP contribution >= 0.6 is 7.82 Å². The number of nitrogen functional groups attached to an aromatic ring is 1. The highest BCUT2D eigenvalue weighted by molar-refractivity contribution is 7.47. The number of nitrogens with one attached hydrogen (secondary N) is 5. The van der Waals surface area contributed by atoms with Gasteiger partial charge < -0.3 is 86.6 Å². The van der Waals surface area contributed by atoms with Crippen LogP contribution in [0.5, 0.6) is 0 Å². The molecular weight excluding hydrogens is 1160 g/mol. The molecule has 30 nitrogen and oxygen atoms in total. The molecular formula is C57H89N16O14P. The van der Waals surface area contributed by atoms with Crippen molar-refractivity contribution in [1.29, 1.82) is 0 Å². The average Bonchev–Trinajstić information content (AvgIpc) is 1.55. The largest absolute Gasteiger partial charge is 0.472 e. The summed E-state index contributed by atoms with van der Waals surface area (Å²) in [5, 5.41) is 39.8. The third-order valence-corrected chi connectivity index (χ3v) is 21.7. The molecule has 31 heteroatoms. The average molecular weight is 1250 g/mol. The lowest BCUT2D eigenvalue weighted by atomic mass is 9.56. The summed E-state index contributed by atoms with van der Waals surface area (Å²) in [5.74, 6) is -6.34. The number of nitrogens with two attached hydrogens (primary N) is 7. The first kappa shape index (κ1) is 67.3. The van der Waals surface area contributed by atoms with Gasteiger partial charge in [-0.2, -0.15) is 0 Å². The first-order valence-corrected chi connectivity index (χ1v) is 31.2. The number of aliphatic hydroxyl groups excluding tert-OH is 2. The van der Waals surface area contributed by atoms with E-state index < -0.39 is 156 Å². The summed E-state index contributed by atoms with van der Waals surface area (Å²) in [6.07, 6.45) is -1.48. The van der Waals surface area contributed by atoms with Crippen molar-refractivity contribution in [3.05, 3.63) is 47.0 Å². The first-order valence-electron chi connectivity index (χ1n) is 29.8. The fourth-order valence-electron chi connectivity index (χ4n) is 16.1. The Kier molecular flexibility index (Phi) is 19.4. The lowest BCUT2D eigenvalue weighted by Crippen LogP contribution is -2.64. The second-order valence-corrected chi connectivity index (χ2v) is 27.8. The molecule has 0 aromatic carbocycles. The number of phosphoric ester groups is 1. The summed E-state index contributed by atoms with van der Waals surface area (Å²) in [6.45, 7) is 14.1. The Morgan fingerprint density at radius 1 is 0.818 bits per heavy atom. The van der Waals surface area contributed by atoms with Gasteiger partial charge in [0.2, 0.25) is 41.4 Å². The number of fused-ring (bicyclic) bond motifs is 10. The Labute approximate surface area is 510 Å². The van der Waals surface area contributed by atoms with E-state index in [1.54, 1.807) is 0 Å². The molecule has 17 atom stereocenters. The molecule has 22 N–H and O–H groups in total. The standard InChI is InChI=1S/C57H89N16O14P/c1-26-42-29(10-13-36(59)76)53(3,4)34(70-42)20-32-28(9-12-35(58)75)55(6,21-39(62)79)48(69-32)27(2)43-30(11-14-37(60)77)56(7,22-40(63)80)57(8,72-43)49-31(19-38(61)78)54(5,47(26)71-49)16-15-41(81)65-17-18-85-88(83,84)87-46-33(23-74)86-52(45(46)82)73-25-68-51-44(73)50(64)66-24-67-51/h20,24-25,28-31,33-34,43,45-47,49,52,69-72,74,82H,9-19,21-23H2,1-8H3,(H2,58,75)(H2,59,76)(H2,60,77)(H2,61,78)(H2,62,79)(H2,63,80)(H,65,81)(H,83,84)(H2,64,66,67)/b32-20-,42-26-,48-27-/t28-,29-,30-,31+,33-,34?,43?,45-,46-,47?,49-,52+,54-,55+,56+,57+/m1/s1. The summed E-state index contributed by atoms with van der Waals surface area (Å²) in [7, 11) is -5.04. The summed E-state index contributed by atoms with van der Waals surface area (Å²) < 4.78 is 31.2. The molecule has 486 valence electrons. The van der Waals surface area contributed by atoms with Gasteiger partial charge >= 0.3 is 7.82 Å². The highest BCUT2D eigenvalue weighted by Crippen LogP contribution is 2.62. The van der Waals surface area contributed by atoms with Gasteiger partial charge in [-0.05, 0) is 86.3 Å². The van der Waals surface area contributed by atoms with Crippen LogP contribution in [-0.2, 0) is 51.9 Å². The number of aliphatic hydroxyl groups is 2. The molecule has 8 heterocycles. The molecule has 4 unspecified atom stereocenters. The SMILES string of the molecule is C/C1=C2/N/C(=C\C3N/C(=C(/C)C4N[C@H]([C@H](CC(N)=O)[C@@]4(C)CCC(=O)NCCOP(=O)(O)O[C@H]4[C@@H](O)[C@@H](n5cnc6ncnc(N)c65)O[C@@H]4CO)[C@]4(C)NC1[C@@H](CCC(N)=O)[C@]4(C)CC(N)=O)[C@@H](CCC(N)=O)C3(C)C)[C@@H](CCC(N)=O)[C@]2(C)CC(N)=O. The zero-order valence-corrected chi connectivity index (χ0v) is 52.1. The second kappa shape index (κ2) is 25.3. The number of carbonyl (C=O) groups is 7. The number of aromatic nitrogens is 4. The van der Waals surface area contributed by atoms with Crippen LogP contribution < -0.4 is 66.7 Å². The molecule has 2 aromatic rings. The summed E-state index contributed by atoms with van der Waals surface area (Å²) >= 11 is 0. The molecule has 6 aliphatic heterocycles. The number of ether oxygens (including phenoxy) is 1. The van der Waals surface area contributed by atoms with E-state index in [1.807, 2.05) is 41.5 Å². The van der Waals surface area contributed by atoms with E-state index in [0.717, 1.165) is 11.3 Å². The van der Waals surface area contributed by atoms with Crippen LogP contribution in [0.2, 0.25) is 0 Å². The van der Waals surface area contributed by atoms with Gasteiger partial charge in [-0.25, -0.2) is 19.5 Å². The third-order valence-electron chi connectivity index (χ3n) is 20.7. The van der Waals surface area contributed by atoms with Gasteiger partial charge in [0.05, 0.1) is 19.3 Å². The number of phosphoric acid groups is 1. The Hall–Kier alpha value is -6.63. The van der Waals surface area contributed by atoms with Crippen LogP contribution in [0.3, 0.4) is 0 Å². The van der Waals surface area contributed by atoms with Crippen molar-refractivity contribution in [2.24, 2.45) is 79.7 Å². The van der Waals surface area contributed by atoms with Crippen molar-refractivity contribution in [3.8, 4) is 0 Å². The summed E-state index contributed by atoms with van der Waals surface area (Å²) in [6, 6.07) is -2.64. The Morgan fingerprint density at radius 2 is 1.45 bits per heavy atom. The van der Waals surface area contributed by atoms with E-state index in [9.17, 15) is 53.2 Å². The molecule has 7 amide bonds. The molecule has 88 heavy (non-hydrogen) atoms. The lowest BCUT2D eigenvalue weighted by molar-refractivity contribution is -0.124. The Morgan fingerprint density at radius 3 is 2.07 bits per heavy atom. The van der Waals surface area contributed by atoms with E-state index in [4.69, 9.17) is 53.9 Å². The van der Waals surface area contributed by atoms with Crippen LogP contribution in [0.15, 0.2) is 47.0 Å². The quantitative estimate of drug-likeness (QED) is 0.0400. The van der Waals surface area contributed by atoms with Crippen LogP contribution in [0.1, 0.15) is 132 Å². The van der Waals surface area contributed by atoms with Crippen molar-refractivity contribution in [3.63, 3.8) is 0 Å². The number of amides is 7. The van der Waals surface area contributed by atoms with Gasteiger partial charge in [-0.1, -0.05) is 34.6 Å². The van der Waals surface area contributed by atoms with Gasteiger partial charge in [-0.15, -0.1) is 0 Å². The number of hydrogen-bond acceptors (Lipinski definition) is 21. The first-order chi connectivity index (χ1) is 41.0. The van der Waals surface area contributed by atoms with Gasteiger partial charge in [0.15, 0.2) is 17.7 Å². The molecule has 5 saturated heterocycles. The molecule has 8 bridgehead atoms. The van der Waals surface area contributed by atoms with Crippen LogP contribution in [0.25, 0.3) is 11.2 Å². The fraction of sp³-hybridized carbons (Fsp3) is 0.684. The number of rotatable bonds is 26. The van der Waals surface area contributed by atoms with Crippen molar-refractivity contribution in [2.75, 3.05) is 25.5 Å². The Balaban J connectivity index is 1.17. The minimum Gasteiger partial charge on any atom is -0.394 e. The molecule has 0 radical (unpaired) electrons. The maximum Gasteiger partial charge on any atom is 0.472 e. The predicted octanol–water partition coefficient (Wildman–Crippen LogP) is -0.918. The maximum atomic E-state index is 14.2. The molecule has 6 aliphatic rings. The smallest absolute Gasteiger partial charge is 0.394 e. The van der Waals surface area contributed by atoms with Crippen molar-refractivity contribution < 1.29 is 67.0 Å². The van der Waals surface area contributed by atoms with Crippen LogP contribution in [-0.4, -0.2) is 144 Å². The van der Waals surface area contributed by atoms with Crippen molar-refractivity contribution in [1.82, 2.24) is 46.1 Å². The predicted molar refractivity (Wildman–Crippen MR) is 318 cm³/mol. The summed E-state index contributed by atoms with van der Waals surface area (Å²) in [4.78, 5) is 116. The normalized spacial score (nSPS) is 37.0. The van der Waals surface area contributed by atoms with Crippen molar-refractivity contribution >= 4 is 66.2 Å². The number of hydrogen-bond donors (Lipinski definition) is 15. The topological polar surface area (TPSA) is 511 Å². The minimum absolute atomic E-state index is 0.00975. The van der Waals surface area contributed by atoms with E-state index >= 15 is 0 Å². The fourth-order valence-corrected chi connectivity index (χ4v) is 17.0. The highest BCUT2D eigenvalue weighted by Gasteiger charge is 2.68. The van der Waals surface area contributed by atoms with E-state index in [1.165, 1.54) is 17.2 Å². The molecule has 5 fully saturated rings. The Bertz CT molecular complexity index is 3250. The number of anilines is 1. The van der Waals surface area contributed by atoms with E-state index in [-0.39, 0.29) is 93.7 Å². The number of imidazole rings is 1. The number of allylic oxidation sites excluding steroid dienone is 3. The molecule has 8 rings (SSSR count). The maximum absolute atomic E-state index is 14.2. The van der Waals surface area contributed by atoms with Gasteiger partial charge in [0, 0.05) is 115 Å². The second-order valence-electron chi connectivity index (χ2n) is 26.4. The van der Waals surface area contributed by atoms with Crippen LogP contribution in [0, 0.1) is 45.3 Å². The van der Waals surface area contributed by atoms with E-state index in [2.05, 4.69) is 61.5 Å². The summed E-state index contributed by atoms with van der Waals surface area (Å²) in [5.41, 5.74) is 41.0. The third kappa shape index (κ3) is 12.6. The van der Waals surface area contributed by atoms with Gasteiger partial charge in [0.25, 0.3) is 0 Å². The van der Waals surface area contributed by atoms with Crippen LogP contribution in [0.4, 0.5) is 5.82 Å². The monoisotopic (exact) mass is 1250 g/mol. The molecule has 0 spiro atoms. The zero-order chi connectivity index (χ0) is 65.0. The lowest BCUT2D eigenvalue weighted by Gasteiger charge is -2.49. The van der Waals surface area contributed by atoms with Gasteiger partial charge in [0.1, 0.15) is 36.5 Å².